The highest BCUT2D eigenvalue weighted by Gasteiger charge is 2.52. The van der Waals surface area contributed by atoms with E-state index in [1.165, 1.54) is 18.5 Å². The van der Waals surface area contributed by atoms with Crippen molar-refractivity contribution in [2.45, 2.75) is 32.4 Å². The summed E-state index contributed by atoms with van der Waals surface area (Å²) in [6.07, 6.45) is 2.41. The number of fused-ring (bicyclic) bond motifs is 2. The van der Waals surface area contributed by atoms with Gasteiger partial charge in [0.25, 0.3) is 5.91 Å². The molecule has 0 radical (unpaired) electrons. The quantitative estimate of drug-likeness (QED) is 0.689. The molecular formula is C26H29N5O. The monoisotopic (exact) mass is 427 g/mol. The van der Waals surface area contributed by atoms with Crippen molar-refractivity contribution in [1.82, 2.24) is 25.0 Å². The Morgan fingerprint density at radius 3 is 2.53 bits per heavy atom. The molecule has 0 spiro atoms. The van der Waals surface area contributed by atoms with Crippen molar-refractivity contribution in [2.24, 2.45) is 17.8 Å². The van der Waals surface area contributed by atoms with Crippen LogP contribution in [0.15, 0.2) is 54.6 Å². The number of aryl methyl sites for hydroxylation is 1. The second-order valence-corrected chi connectivity index (χ2v) is 9.69. The molecule has 6 heteroatoms. The maximum atomic E-state index is 13.5. The van der Waals surface area contributed by atoms with E-state index in [2.05, 4.69) is 55.3 Å². The topological polar surface area (TPSA) is 65.1 Å². The second-order valence-electron chi connectivity index (χ2n) is 9.69. The molecule has 4 atom stereocenters. The average Bonchev–Trinajstić information content (AvgIpc) is 3.47. The first kappa shape index (κ1) is 19.7. The Labute approximate surface area is 188 Å². The maximum Gasteiger partial charge on any atom is 0.254 e. The molecule has 6 nitrogen and oxygen atoms in total. The largest absolute Gasteiger partial charge is 0.335 e. The van der Waals surface area contributed by atoms with Crippen molar-refractivity contribution in [3.05, 3.63) is 71.5 Å². The molecule has 3 aromatic rings. The smallest absolute Gasteiger partial charge is 0.254 e. The van der Waals surface area contributed by atoms with E-state index in [-0.39, 0.29) is 5.91 Å². The second kappa shape index (κ2) is 7.85. The van der Waals surface area contributed by atoms with Gasteiger partial charge >= 0.3 is 0 Å². The number of H-pyrrole nitrogens is 1. The number of likely N-dealkylation sites (tertiary alicyclic amines) is 1. The lowest BCUT2D eigenvalue weighted by molar-refractivity contribution is -0.0144. The van der Waals surface area contributed by atoms with Crippen LogP contribution in [-0.2, 0) is 6.54 Å². The zero-order valence-electron chi connectivity index (χ0n) is 18.4. The summed E-state index contributed by atoms with van der Waals surface area (Å²) in [6, 6.07) is 18.9. The minimum atomic E-state index is 0.178. The predicted molar refractivity (Wildman–Crippen MR) is 123 cm³/mol. The molecule has 1 aliphatic carbocycles. The van der Waals surface area contributed by atoms with Crippen molar-refractivity contribution in [3.63, 3.8) is 0 Å². The number of hydrogen-bond acceptors (Lipinski definition) is 4. The van der Waals surface area contributed by atoms with Crippen molar-refractivity contribution in [2.75, 3.05) is 19.6 Å². The van der Waals surface area contributed by atoms with Gasteiger partial charge < -0.3 is 4.90 Å². The third kappa shape index (κ3) is 3.43. The number of piperidine rings is 2. The minimum absolute atomic E-state index is 0.178. The fourth-order valence-corrected chi connectivity index (χ4v) is 6.27. The molecule has 32 heavy (non-hydrogen) atoms. The van der Waals surface area contributed by atoms with Gasteiger partial charge in [0.05, 0.1) is 0 Å². The van der Waals surface area contributed by atoms with Crippen LogP contribution in [0.5, 0.6) is 0 Å². The molecule has 2 aromatic carbocycles. The van der Waals surface area contributed by atoms with Gasteiger partial charge in [-0.2, -0.15) is 5.10 Å². The van der Waals surface area contributed by atoms with Crippen LogP contribution in [0.4, 0.5) is 0 Å². The van der Waals surface area contributed by atoms with Gasteiger partial charge in [-0.15, -0.1) is 0 Å². The summed E-state index contributed by atoms with van der Waals surface area (Å²) in [5.41, 5.74) is 3.08. The third-order valence-electron chi connectivity index (χ3n) is 7.75. The van der Waals surface area contributed by atoms with Crippen LogP contribution in [0.1, 0.15) is 34.6 Å². The Kier molecular flexibility index (Phi) is 4.83. The highest BCUT2D eigenvalue weighted by atomic mass is 16.2. The number of carbonyl (C=O) groups is 1. The van der Waals surface area contributed by atoms with Gasteiger partial charge in [-0.3, -0.25) is 14.8 Å². The summed E-state index contributed by atoms with van der Waals surface area (Å²) in [4.78, 5) is 22.7. The first-order valence-corrected chi connectivity index (χ1v) is 11.7. The van der Waals surface area contributed by atoms with Crippen molar-refractivity contribution in [1.29, 1.82) is 0 Å². The molecule has 1 aromatic heterocycles. The number of aromatic nitrogens is 3. The van der Waals surface area contributed by atoms with Gasteiger partial charge in [-0.1, -0.05) is 42.5 Å². The van der Waals surface area contributed by atoms with Crippen LogP contribution >= 0.6 is 0 Å². The highest BCUT2D eigenvalue weighted by Crippen LogP contribution is 2.47. The summed E-state index contributed by atoms with van der Waals surface area (Å²) < 4.78 is 0. The van der Waals surface area contributed by atoms with Gasteiger partial charge in [0.15, 0.2) is 5.82 Å². The van der Waals surface area contributed by atoms with Crippen molar-refractivity contribution in [3.8, 4) is 11.4 Å². The normalized spacial score (nSPS) is 27.0. The minimum Gasteiger partial charge on any atom is -0.335 e. The Bertz CT molecular complexity index is 1110. The lowest BCUT2D eigenvalue weighted by Crippen LogP contribution is -2.59. The SMILES string of the molecule is Cc1nc(-c2ccc(C(=O)N3CC4CCC3C3CN(Cc5ccccc5)CC43)cc2)n[nH]1. The van der Waals surface area contributed by atoms with Crippen LogP contribution in [0.3, 0.4) is 0 Å². The molecule has 4 heterocycles. The van der Waals surface area contributed by atoms with E-state index in [0.717, 1.165) is 48.9 Å². The van der Waals surface area contributed by atoms with E-state index in [0.29, 0.717) is 23.7 Å². The molecule has 4 aliphatic rings. The fourth-order valence-electron chi connectivity index (χ4n) is 6.27. The number of nitrogens with one attached hydrogen (secondary N) is 1. The Hall–Kier alpha value is -2.99. The molecule has 1 amide bonds. The van der Waals surface area contributed by atoms with Crippen molar-refractivity contribution < 1.29 is 4.79 Å². The standard InChI is InChI=1S/C26H29N5O/c1-17-27-25(29-28-17)19-7-9-20(10-8-19)26(32)31-14-21-11-12-24(31)23-16-30(15-22(21)23)13-18-5-3-2-4-6-18/h2-10,21-24H,11-16H2,1H3,(H,27,28,29). The maximum absolute atomic E-state index is 13.5. The summed E-state index contributed by atoms with van der Waals surface area (Å²) >= 11 is 0. The number of amides is 1. The molecule has 7 rings (SSSR count). The van der Waals surface area contributed by atoms with E-state index in [4.69, 9.17) is 0 Å². The van der Waals surface area contributed by atoms with Gasteiger partial charge in [0, 0.05) is 43.3 Å². The highest BCUT2D eigenvalue weighted by molar-refractivity contribution is 5.95. The van der Waals surface area contributed by atoms with E-state index in [1.807, 2.05) is 31.2 Å². The lowest BCUT2D eigenvalue weighted by atomic mass is 9.66. The van der Waals surface area contributed by atoms with Gasteiger partial charge in [0.1, 0.15) is 5.82 Å². The summed E-state index contributed by atoms with van der Waals surface area (Å²) in [5.74, 6) is 3.61. The number of nitrogens with zero attached hydrogens (tertiary/aromatic N) is 4. The molecule has 3 aliphatic heterocycles. The summed E-state index contributed by atoms with van der Waals surface area (Å²) in [6.45, 7) is 6.09. The van der Waals surface area contributed by atoms with Gasteiger partial charge in [-0.05, 0) is 55.2 Å². The molecular weight excluding hydrogens is 398 g/mol. The third-order valence-corrected chi connectivity index (χ3v) is 7.75. The predicted octanol–water partition coefficient (Wildman–Crippen LogP) is 3.76. The van der Waals surface area contributed by atoms with Gasteiger partial charge in [-0.25, -0.2) is 4.98 Å². The van der Waals surface area contributed by atoms with Crippen molar-refractivity contribution >= 4 is 5.91 Å². The first-order valence-electron chi connectivity index (χ1n) is 11.7. The Morgan fingerprint density at radius 1 is 1.00 bits per heavy atom. The summed E-state index contributed by atoms with van der Waals surface area (Å²) in [5, 5.41) is 7.09. The van der Waals surface area contributed by atoms with Gasteiger partial charge in [0.2, 0.25) is 0 Å². The molecule has 3 saturated heterocycles. The van der Waals surface area contributed by atoms with Crippen LogP contribution in [0, 0.1) is 24.7 Å². The van der Waals surface area contributed by atoms with Crippen LogP contribution < -0.4 is 0 Å². The number of hydrogen-bond donors (Lipinski definition) is 1. The molecule has 4 unspecified atom stereocenters. The lowest BCUT2D eigenvalue weighted by Gasteiger charge is -2.52. The molecule has 164 valence electrons. The number of rotatable bonds is 4. The average molecular weight is 428 g/mol. The van der Waals surface area contributed by atoms with E-state index in [9.17, 15) is 4.79 Å². The molecule has 4 fully saturated rings. The Balaban J connectivity index is 1.17. The summed E-state index contributed by atoms with van der Waals surface area (Å²) in [7, 11) is 0. The number of aromatic amines is 1. The van der Waals surface area contributed by atoms with Crippen LogP contribution in [-0.4, -0.2) is 56.6 Å². The zero-order valence-corrected chi connectivity index (χ0v) is 18.4. The van der Waals surface area contributed by atoms with Crippen LogP contribution in [0.2, 0.25) is 0 Å². The molecule has 1 saturated carbocycles. The van der Waals surface area contributed by atoms with E-state index < -0.39 is 0 Å². The Morgan fingerprint density at radius 2 is 1.78 bits per heavy atom. The fraction of sp³-hybridized carbons (Fsp3) is 0.423. The van der Waals surface area contributed by atoms with E-state index >= 15 is 0 Å². The van der Waals surface area contributed by atoms with Crippen LogP contribution in [0.25, 0.3) is 11.4 Å². The molecule has 1 N–H and O–H groups in total. The number of carbonyl (C=O) groups excluding carboxylic acids is 1. The number of benzene rings is 2. The zero-order chi connectivity index (χ0) is 21.7. The first-order chi connectivity index (χ1) is 15.7. The molecule has 2 bridgehead atoms. The van der Waals surface area contributed by atoms with E-state index in [1.54, 1.807) is 0 Å².